The molecule has 0 bridgehead atoms. The van der Waals surface area contributed by atoms with E-state index in [4.69, 9.17) is 34.7 Å². The predicted molar refractivity (Wildman–Crippen MR) is 122 cm³/mol. The molecule has 1 saturated heterocycles. The number of piperidine rings is 1. The molecule has 1 aromatic heterocycles. The van der Waals surface area contributed by atoms with Crippen LogP contribution < -0.4 is 16.4 Å². The third-order valence-corrected chi connectivity index (χ3v) is 4.94. The number of aromatic nitrogens is 1. The first-order valence-corrected chi connectivity index (χ1v) is 10.5. The van der Waals surface area contributed by atoms with Crippen LogP contribution in [-0.2, 0) is 0 Å². The van der Waals surface area contributed by atoms with E-state index < -0.39 is 0 Å². The summed E-state index contributed by atoms with van der Waals surface area (Å²) in [5, 5.41) is 15.1. The third-order valence-electron chi connectivity index (χ3n) is 4.43. The van der Waals surface area contributed by atoms with Crippen molar-refractivity contribution in [3.63, 3.8) is 0 Å². The Labute approximate surface area is 182 Å². The smallest absolute Gasteiger partial charge is 0.268 e. The number of aliphatic hydroxyl groups is 1. The van der Waals surface area contributed by atoms with Crippen LogP contribution in [0.15, 0.2) is 36.4 Å². The number of rotatable bonds is 5. The summed E-state index contributed by atoms with van der Waals surface area (Å²) in [7, 11) is 0. The molecule has 1 aliphatic heterocycles. The van der Waals surface area contributed by atoms with E-state index in [0.717, 1.165) is 37.1 Å². The summed E-state index contributed by atoms with van der Waals surface area (Å²) >= 11 is 11.1. The molecule has 1 amide bonds. The number of hydrogen-bond donors (Lipinski definition) is 5. The number of hydrogen-bond acceptors (Lipinski definition) is 4. The van der Waals surface area contributed by atoms with Crippen LogP contribution in [0.25, 0.3) is 11.3 Å². The van der Waals surface area contributed by atoms with Gasteiger partial charge in [0.05, 0.1) is 11.0 Å². The second-order valence-corrected chi connectivity index (χ2v) is 8.20. The Hall–Kier alpha value is -1.93. The zero-order valence-corrected chi connectivity index (χ0v) is 18.3. The highest BCUT2D eigenvalue weighted by atomic mass is 35.5. The number of H-pyrrole nitrogens is 1. The van der Waals surface area contributed by atoms with Gasteiger partial charge in [-0.3, -0.25) is 4.79 Å². The Morgan fingerprint density at radius 1 is 1.24 bits per heavy atom. The minimum absolute atomic E-state index is 0.0842. The molecule has 1 aliphatic rings. The van der Waals surface area contributed by atoms with Crippen LogP contribution in [0.3, 0.4) is 0 Å². The number of carbonyl (C=O) groups excluding carboxylic acids is 1. The lowest BCUT2D eigenvalue weighted by Crippen LogP contribution is -2.57. The molecule has 8 heteroatoms. The number of amides is 1. The van der Waals surface area contributed by atoms with E-state index in [9.17, 15) is 4.79 Å². The van der Waals surface area contributed by atoms with Gasteiger partial charge < -0.3 is 26.5 Å². The highest BCUT2D eigenvalue weighted by Gasteiger charge is 2.27. The Bertz CT molecular complexity index is 799. The lowest BCUT2D eigenvalue weighted by molar-refractivity contribution is 0.0933. The quantitative estimate of drug-likeness (QED) is 0.463. The molecule has 0 saturated carbocycles. The van der Waals surface area contributed by atoms with Gasteiger partial charge in [0.15, 0.2) is 0 Å². The van der Waals surface area contributed by atoms with Crippen LogP contribution in [0.1, 0.15) is 43.6 Å². The van der Waals surface area contributed by atoms with E-state index >= 15 is 0 Å². The Balaban J connectivity index is 0.000000687. The van der Waals surface area contributed by atoms with Crippen LogP contribution >= 0.6 is 23.8 Å². The molecule has 6 N–H and O–H groups in total. The highest BCUT2D eigenvalue weighted by Crippen LogP contribution is 2.21. The molecular formula is C21H29ClN4O2S. The molecule has 1 fully saturated rings. The summed E-state index contributed by atoms with van der Waals surface area (Å²) in [4.78, 5) is 16.0. The summed E-state index contributed by atoms with van der Waals surface area (Å²) < 4.78 is 0. The first-order chi connectivity index (χ1) is 13.8. The topological polar surface area (TPSA) is 103 Å². The van der Waals surface area contributed by atoms with Crippen LogP contribution in [0.4, 0.5) is 0 Å². The second-order valence-electron chi connectivity index (χ2n) is 7.30. The van der Waals surface area contributed by atoms with Crippen molar-refractivity contribution in [2.45, 2.75) is 51.3 Å². The highest BCUT2D eigenvalue weighted by molar-refractivity contribution is 7.80. The number of nitrogens with one attached hydrogen (secondary N) is 3. The average Bonchev–Trinajstić information content (AvgIpc) is 3.17. The lowest BCUT2D eigenvalue weighted by atomic mass is 9.97. The van der Waals surface area contributed by atoms with Gasteiger partial charge in [-0.25, -0.2) is 0 Å². The van der Waals surface area contributed by atoms with Gasteiger partial charge >= 0.3 is 0 Å². The van der Waals surface area contributed by atoms with Crippen molar-refractivity contribution in [1.82, 2.24) is 15.6 Å². The van der Waals surface area contributed by atoms with Gasteiger partial charge in [0.25, 0.3) is 5.91 Å². The zero-order valence-electron chi connectivity index (χ0n) is 16.7. The van der Waals surface area contributed by atoms with Gasteiger partial charge in [-0.15, -0.1) is 0 Å². The van der Waals surface area contributed by atoms with Gasteiger partial charge in [0, 0.05) is 22.9 Å². The van der Waals surface area contributed by atoms with Crippen LogP contribution in [0, 0.1) is 0 Å². The summed E-state index contributed by atoms with van der Waals surface area (Å²) in [5.74, 6) is -0.217. The third kappa shape index (κ3) is 7.44. The molecule has 2 aromatic rings. The fourth-order valence-electron chi connectivity index (χ4n) is 3.08. The number of benzene rings is 1. The van der Waals surface area contributed by atoms with Gasteiger partial charge in [0.2, 0.25) is 0 Å². The number of thiocarbonyl (C=S) groups is 1. The number of carbonyl (C=O) groups is 1. The molecule has 0 spiro atoms. The molecule has 29 heavy (non-hydrogen) atoms. The summed E-state index contributed by atoms with van der Waals surface area (Å²) in [6.07, 6.45) is 3.02. The number of halogens is 1. The molecule has 0 aliphatic carbocycles. The summed E-state index contributed by atoms with van der Waals surface area (Å²) in [5.41, 5.74) is 8.15. The first kappa shape index (κ1) is 23.3. The van der Waals surface area contributed by atoms with Gasteiger partial charge in [-0.2, -0.15) is 0 Å². The SMILES string of the molecule is CC(C)O.NC(=S)C(NC(=O)c1ccc(-c2ccc(Cl)cc2)[nH]1)C1CCCCN1. The van der Waals surface area contributed by atoms with E-state index in [1.165, 1.54) is 0 Å². The summed E-state index contributed by atoms with van der Waals surface area (Å²) in [6, 6.07) is 10.8. The van der Waals surface area contributed by atoms with Crippen molar-refractivity contribution < 1.29 is 9.90 Å². The minimum atomic E-state index is -0.356. The molecule has 0 radical (unpaired) electrons. The van der Waals surface area contributed by atoms with Gasteiger partial charge in [-0.1, -0.05) is 42.4 Å². The lowest BCUT2D eigenvalue weighted by Gasteiger charge is -2.31. The first-order valence-electron chi connectivity index (χ1n) is 9.74. The van der Waals surface area contributed by atoms with Crippen molar-refractivity contribution in [2.75, 3.05) is 6.54 Å². The predicted octanol–water partition coefficient (Wildman–Crippen LogP) is 3.25. The number of aliphatic hydroxyl groups excluding tert-OH is 1. The van der Waals surface area contributed by atoms with Crippen LogP contribution in [0.2, 0.25) is 5.02 Å². The Kier molecular flexibility index (Phi) is 9.10. The molecular weight excluding hydrogens is 408 g/mol. The fraction of sp³-hybridized carbons (Fsp3) is 0.429. The molecule has 3 rings (SSSR count). The largest absolute Gasteiger partial charge is 0.394 e. The van der Waals surface area contributed by atoms with E-state index in [-0.39, 0.29) is 24.1 Å². The van der Waals surface area contributed by atoms with Gasteiger partial charge in [-0.05, 0) is 63.1 Å². The standard InChI is InChI=1S/C18H21ClN4OS.C3H8O/c19-12-6-4-11(5-7-12)13-8-9-15(22-13)18(24)23-16(17(20)25)14-3-1-2-10-21-14;1-3(2)4/h4-9,14,16,21-22H,1-3,10H2,(H2,20,25)(H,23,24);3-4H,1-2H3. The average molecular weight is 437 g/mol. The van der Waals surface area contributed by atoms with E-state index in [0.29, 0.717) is 15.7 Å². The molecule has 2 atom stereocenters. The van der Waals surface area contributed by atoms with E-state index in [1.807, 2.05) is 30.3 Å². The van der Waals surface area contributed by atoms with Crippen LogP contribution in [0.5, 0.6) is 0 Å². The molecule has 158 valence electrons. The van der Waals surface area contributed by atoms with Crippen LogP contribution in [-0.4, -0.2) is 45.7 Å². The molecule has 2 heterocycles. The second kappa shape index (κ2) is 11.3. The van der Waals surface area contributed by atoms with Crippen molar-refractivity contribution in [3.05, 3.63) is 47.1 Å². The monoisotopic (exact) mass is 436 g/mol. The normalized spacial score (nSPS) is 17.2. The van der Waals surface area contributed by atoms with Crippen molar-refractivity contribution in [3.8, 4) is 11.3 Å². The van der Waals surface area contributed by atoms with Gasteiger partial charge in [0.1, 0.15) is 5.69 Å². The molecule has 1 aromatic carbocycles. The molecule has 6 nitrogen and oxygen atoms in total. The number of aromatic amines is 1. The van der Waals surface area contributed by atoms with E-state index in [2.05, 4.69) is 15.6 Å². The zero-order chi connectivity index (χ0) is 21.4. The van der Waals surface area contributed by atoms with Crippen molar-refractivity contribution in [2.24, 2.45) is 5.73 Å². The van der Waals surface area contributed by atoms with Crippen molar-refractivity contribution >= 4 is 34.7 Å². The maximum atomic E-state index is 12.6. The Morgan fingerprint density at radius 3 is 2.45 bits per heavy atom. The Morgan fingerprint density at radius 2 is 1.90 bits per heavy atom. The molecule has 2 unspecified atom stereocenters. The van der Waals surface area contributed by atoms with Crippen molar-refractivity contribution in [1.29, 1.82) is 0 Å². The fourth-order valence-corrected chi connectivity index (χ4v) is 3.43. The number of nitrogens with two attached hydrogens (primary N) is 1. The van der Waals surface area contributed by atoms with E-state index in [1.54, 1.807) is 19.9 Å². The maximum absolute atomic E-state index is 12.6. The maximum Gasteiger partial charge on any atom is 0.268 e. The summed E-state index contributed by atoms with van der Waals surface area (Å²) in [6.45, 7) is 4.36. The minimum Gasteiger partial charge on any atom is -0.394 e.